The van der Waals surface area contributed by atoms with E-state index < -0.39 is 34.3 Å². The number of thioether (sulfide) groups is 1. The second-order valence-electron chi connectivity index (χ2n) is 6.83. The molecular formula is C22H17F3N4OS2. The first-order valence-electron chi connectivity index (χ1n) is 9.56. The lowest BCUT2D eigenvalue weighted by molar-refractivity contribution is -0.115. The quantitative estimate of drug-likeness (QED) is 0.280. The molecule has 2 aromatic heterocycles. The molecule has 1 N–H and O–H groups in total. The predicted octanol–water partition coefficient (Wildman–Crippen LogP) is 5.59. The molecule has 0 spiro atoms. The third-order valence-corrected chi connectivity index (χ3v) is 6.53. The summed E-state index contributed by atoms with van der Waals surface area (Å²) in [6, 6.07) is 15.4. The number of anilines is 1. The average molecular weight is 475 g/mol. The zero-order valence-electron chi connectivity index (χ0n) is 16.8. The fourth-order valence-electron chi connectivity index (χ4n) is 2.94. The third-order valence-electron chi connectivity index (χ3n) is 4.59. The van der Waals surface area contributed by atoms with Crippen molar-refractivity contribution in [3.63, 3.8) is 0 Å². The minimum Gasteiger partial charge on any atom is -0.323 e. The first kappa shape index (κ1) is 22.1. The van der Waals surface area contributed by atoms with E-state index in [4.69, 9.17) is 0 Å². The number of benzene rings is 2. The van der Waals surface area contributed by atoms with Crippen molar-refractivity contribution in [2.45, 2.75) is 23.9 Å². The second-order valence-corrected chi connectivity index (χ2v) is 9.08. The lowest BCUT2D eigenvalue weighted by Crippen LogP contribution is -2.24. The summed E-state index contributed by atoms with van der Waals surface area (Å²) < 4.78 is 42.4. The van der Waals surface area contributed by atoms with Crippen LogP contribution in [0.5, 0.6) is 0 Å². The fourth-order valence-corrected chi connectivity index (χ4v) is 4.51. The Morgan fingerprint density at radius 1 is 1.06 bits per heavy atom. The number of carbonyl (C=O) groups is 1. The van der Waals surface area contributed by atoms with Crippen molar-refractivity contribution in [1.29, 1.82) is 0 Å². The molecule has 10 heteroatoms. The highest BCUT2D eigenvalue weighted by molar-refractivity contribution is 8.00. The van der Waals surface area contributed by atoms with Gasteiger partial charge < -0.3 is 5.32 Å². The maximum absolute atomic E-state index is 13.9. The number of hydrogen-bond acceptors (Lipinski definition) is 5. The summed E-state index contributed by atoms with van der Waals surface area (Å²) >= 11 is 2.67. The van der Waals surface area contributed by atoms with Gasteiger partial charge in [0, 0.05) is 0 Å². The van der Waals surface area contributed by atoms with Crippen molar-refractivity contribution >= 4 is 34.7 Å². The smallest absolute Gasteiger partial charge is 0.237 e. The average Bonchev–Trinajstić information content (AvgIpc) is 3.45. The van der Waals surface area contributed by atoms with Crippen molar-refractivity contribution in [1.82, 2.24) is 14.8 Å². The van der Waals surface area contributed by atoms with Crippen LogP contribution in [-0.4, -0.2) is 25.9 Å². The normalized spacial score (nSPS) is 12.0. The Hall–Kier alpha value is -3.11. The van der Waals surface area contributed by atoms with Crippen LogP contribution in [0.15, 0.2) is 65.1 Å². The lowest BCUT2D eigenvalue weighted by Gasteiger charge is -2.14. The van der Waals surface area contributed by atoms with Gasteiger partial charge in [-0.2, -0.15) is 0 Å². The molecule has 0 aliphatic rings. The van der Waals surface area contributed by atoms with Crippen molar-refractivity contribution in [2.75, 3.05) is 5.32 Å². The van der Waals surface area contributed by atoms with Crippen LogP contribution >= 0.6 is 23.1 Å². The van der Waals surface area contributed by atoms with Gasteiger partial charge in [-0.1, -0.05) is 48.2 Å². The van der Waals surface area contributed by atoms with Gasteiger partial charge >= 0.3 is 0 Å². The summed E-state index contributed by atoms with van der Waals surface area (Å²) in [6.07, 6.45) is 0. The Balaban J connectivity index is 1.57. The van der Waals surface area contributed by atoms with E-state index in [1.54, 1.807) is 6.92 Å². The monoisotopic (exact) mass is 474 g/mol. The molecule has 2 heterocycles. The summed E-state index contributed by atoms with van der Waals surface area (Å²) in [5, 5.41) is 12.6. The van der Waals surface area contributed by atoms with Crippen LogP contribution in [-0.2, 0) is 11.3 Å². The van der Waals surface area contributed by atoms with Crippen LogP contribution in [0.2, 0.25) is 0 Å². The SMILES string of the molecule is CC(Sc1nnc(-c2cccs2)n1Cc1ccccc1)C(=O)Nc1ccc(F)c(F)c1F. The third kappa shape index (κ3) is 4.71. The molecule has 2 aromatic carbocycles. The summed E-state index contributed by atoms with van der Waals surface area (Å²) in [7, 11) is 0. The molecule has 164 valence electrons. The van der Waals surface area contributed by atoms with E-state index in [1.165, 1.54) is 11.3 Å². The van der Waals surface area contributed by atoms with Gasteiger partial charge in [0.05, 0.1) is 22.4 Å². The van der Waals surface area contributed by atoms with E-state index >= 15 is 0 Å². The molecule has 0 radical (unpaired) electrons. The van der Waals surface area contributed by atoms with Crippen LogP contribution in [0, 0.1) is 17.5 Å². The minimum absolute atomic E-state index is 0.425. The van der Waals surface area contributed by atoms with Crippen LogP contribution in [0.3, 0.4) is 0 Å². The molecule has 1 unspecified atom stereocenters. The Kier molecular flexibility index (Phi) is 6.61. The maximum Gasteiger partial charge on any atom is 0.237 e. The molecule has 0 fully saturated rings. The van der Waals surface area contributed by atoms with E-state index in [0.717, 1.165) is 34.3 Å². The molecule has 0 aliphatic carbocycles. The highest BCUT2D eigenvalue weighted by atomic mass is 32.2. The fraction of sp³-hybridized carbons (Fsp3) is 0.136. The Labute approximate surface area is 190 Å². The van der Waals surface area contributed by atoms with Crippen LogP contribution < -0.4 is 5.32 Å². The second kappa shape index (κ2) is 9.58. The van der Waals surface area contributed by atoms with Crippen LogP contribution in [0.25, 0.3) is 10.7 Å². The van der Waals surface area contributed by atoms with Gasteiger partial charge in [-0.05, 0) is 36.1 Å². The van der Waals surface area contributed by atoms with Gasteiger partial charge in [0.1, 0.15) is 0 Å². The molecule has 0 saturated carbocycles. The highest BCUT2D eigenvalue weighted by Gasteiger charge is 2.23. The van der Waals surface area contributed by atoms with E-state index in [2.05, 4.69) is 15.5 Å². The molecule has 32 heavy (non-hydrogen) atoms. The van der Waals surface area contributed by atoms with Crippen molar-refractivity contribution in [2.24, 2.45) is 0 Å². The zero-order chi connectivity index (χ0) is 22.7. The Morgan fingerprint density at radius 2 is 1.84 bits per heavy atom. The standard InChI is InChI=1S/C22H17F3N4OS2/c1-13(21(30)26-16-10-9-15(23)18(24)19(16)25)32-22-28-27-20(17-8-5-11-31-17)29(22)12-14-6-3-2-4-7-14/h2-11,13H,12H2,1H3,(H,26,30). The van der Waals surface area contributed by atoms with E-state index in [0.29, 0.717) is 17.5 Å². The Morgan fingerprint density at radius 3 is 2.56 bits per heavy atom. The first-order chi connectivity index (χ1) is 15.4. The van der Waals surface area contributed by atoms with E-state index in [9.17, 15) is 18.0 Å². The number of nitrogens with zero attached hydrogens (tertiary/aromatic N) is 3. The lowest BCUT2D eigenvalue weighted by atomic mass is 10.2. The summed E-state index contributed by atoms with van der Waals surface area (Å²) in [6.45, 7) is 2.11. The number of halogens is 3. The van der Waals surface area contributed by atoms with Gasteiger partial charge in [0.15, 0.2) is 28.4 Å². The van der Waals surface area contributed by atoms with Crippen LogP contribution in [0.4, 0.5) is 18.9 Å². The summed E-state index contributed by atoms with van der Waals surface area (Å²) in [5.41, 5.74) is 0.610. The number of rotatable bonds is 7. The van der Waals surface area contributed by atoms with E-state index in [-0.39, 0.29) is 0 Å². The van der Waals surface area contributed by atoms with Gasteiger partial charge in [-0.3, -0.25) is 9.36 Å². The number of carbonyl (C=O) groups excluding carboxylic acids is 1. The number of nitrogens with one attached hydrogen (secondary N) is 1. The van der Waals surface area contributed by atoms with Gasteiger partial charge in [0.2, 0.25) is 5.91 Å². The Bertz CT molecular complexity index is 1230. The molecular weight excluding hydrogens is 457 g/mol. The summed E-state index contributed by atoms with van der Waals surface area (Å²) in [5.74, 6) is -4.30. The molecule has 1 atom stereocenters. The summed E-state index contributed by atoms with van der Waals surface area (Å²) in [4.78, 5) is 13.5. The topological polar surface area (TPSA) is 59.8 Å². The number of hydrogen-bond donors (Lipinski definition) is 1. The molecule has 0 aliphatic heterocycles. The van der Waals surface area contributed by atoms with Crippen LogP contribution in [0.1, 0.15) is 12.5 Å². The maximum atomic E-state index is 13.9. The van der Waals surface area contributed by atoms with Gasteiger partial charge in [0.25, 0.3) is 0 Å². The molecule has 0 saturated heterocycles. The molecule has 0 bridgehead atoms. The molecule has 4 aromatic rings. The predicted molar refractivity (Wildman–Crippen MR) is 119 cm³/mol. The minimum atomic E-state index is -1.63. The molecule has 5 nitrogen and oxygen atoms in total. The number of aromatic nitrogens is 3. The number of amides is 1. The molecule has 1 amide bonds. The van der Waals surface area contributed by atoms with Crippen molar-refractivity contribution in [3.05, 3.63) is 83.0 Å². The first-order valence-corrected chi connectivity index (χ1v) is 11.3. The van der Waals surface area contributed by atoms with Gasteiger partial charge in [-0.25, -0.2) is 13.2 Å². The van der Waals surface area contributed by atoms with E-state index in [1.807, 2.05) is 52.4 Å². The number of thiophene rings is 1. The van der Waals surface area contributed by atoms with Crippen molar-refractivity contribution < 1.29 is 18.0 Å². The van der Waals surface area contributed by atoms with Gasteiger partial charge in [-0.15, -0.1) is 21.5 Å². The largest absolute Gasteiger partial charge is 0.323 e. The van der Waals surface area contributed by atoms with Crippen molar-refractivity contribution in [3.8, 4) is 10.7 Å². The molecule has 4 rings (SSSR count). The highest BCUT2D eigenvalue weighted by Crippen LogP contribution is 2.30. The zero-order valence-corrected chi connectivity index (χ0v) is 18.4.